The molecule has 2 nitrogen and oxygen atoms in total. The van der Waals surface area contributed by atoms with Gasteiger partial charge in [0, 0.05) is 12.3 Å². The molecule has 148 valence electrons. The van der Waals surface area contributed by atoms with Crippen molar-refractivity contribution in [1.82, 2.24) is 0 Å². The van der Waals surface area contributed by atoms with Gasteiger partial charge in [-0.3, -0.25) is 0 Å². The molecule has 0 N–H and O–H groups in total. The lowest BCUT2D eigenvalue weighted by Crippen LogP contribution is -2.33. The van der Waals surface area contributed by atoms with Gasteiger partial charge in [0.2, 0.25) is 11.6 Å². The molecule has 0 spiro atoms. The van der Waals surface area contributed by atoms with E-state index in [4.69, 9.17) is 9.47 Å². The highest BCUT2D eigenvalue weighted by molar-refractivity contribution is 5.35. The smallest absolute Gasteiger partial charge is 0.254 e. The van der Waals surface area contributed by atoms with E-state index in [2.05, 4.69) is 6.92 Å². The zero-order chi connectivity index (χ0) is 19.2. The van der Waals surface area contributed by atoms with Crippen molar-refractivity contribution in [1.29, 1.82) is 0 Å². The summed E-state index contributed by atoms with van der Waals surface area (Å²) in [6.45, 7) is 3.61. The molecule has 0 radical (unpaired) electrons. The van der Waals surface area contributed by atoms with Gasteiger partial charge in [-0.05, 0) is 50.7 Å². The molecule has 0 bridgehead atoms. The Labute approximate surface area is 152 Å². The lowest BCUT2D eigenvalue weighted by atomic mass is 9.77. The maximum atomic E-state index is 14.4. The van der Waals surface area contributed by atoms with Gasteiger partial charge in [-0.2, -0.15) is 8.78 Å². The maximum Gasteiger partial charge on any atom is 0.254 e. The Morgan fingerprint density at radius 2 is 1.54 bits per heavy atom. The van der Waals surface area contributed by atoms with Crippen molar-refractivity contribution in [3.63, 3.8) is 0 Å². The van der Waals surface area contributed by atoms with Gasteiger partial charge in [-0.25, -0.2) is 8.78 Å². The molecule has 0 saturated heterocycles. The number of hydrogen-bond acceptors (Lipinski definition) is 2. The van der Waals surface area contributed by atoms with E-state index < -0.39 is 29.9 Å². The van der Waals surface area contributed by atoms with Gasteiger partial charge in [0.15, 0.2) is 11.5 Å². The molecule has 1 saturated carbocycles. The van der Waals surface area contributed by atoms with E-state index in [0.717, 1.165) is 25.7 Å². The number of alkyl halides is 2. The van der Waals surface area contributed by atoms with Crippen LogP contribution in [0, 0.1) is 23.5 Å². The van der Waals surface area contributed by atoms with Gasteiger partial charge in [-0.15, -0.1) is 0 Å². The van der Waals surface area contributed by atoms with Gasteiger partial charge in [0.25, 0.3) is 5.92 Å². The van der Waals surface area contributed by atoms with E-state index in [1.807, 2.05) is 0 Å². The summed E-state index contributed by atoms with van der Waals surface area (Å²) in [7, 11) is 0. The van der Waals surface area contributed by atoms with Gasteiger partial charge in [0.05, 0.1) is 13.2 Å². The SMILES string of the molecule is CCCC1CCC(C(F)(F)CCOc2ccc(OCC)c(F)c2F)CC1. The lowest BCUT2D eigenvalue weighted by Gasteiger charge is -2.33. The third-order valence-electron chi connectivity index (χ3n) is 5.15. The molecule has 0 unspecified atom stereocenters. The molecule has 6 heteroatoms. The summed E-state index contributed by atoms with van der Waals surface area (Å²) < 4.78 is 66.5. The largest absolute Gasteiger partial charge is 0.491 e. The monoisotopic (exact) mass is 376 g/mol. The van der Waals surface area contributed by atoms with Gasteiger partial charge >= 0.3 is 0 Å². The van der Waals surface area contributed by atoms with Crippen molar-refractivity contribution in [2.45, 2.75) is 64.7 Å². The molecule has 1 aliphatic rings. The molecule has 0 aromatic heterocycles. The van der Waals surface area contributed by atoms with Crippen LogP contribution in [-0.4, -0.2) is 19.1 Å². The molecule has 0 atom stereocenters. The predicted molar refractivity (Wildman–Crippen MR) is 92.9 cm³/mol. The first-order valence-corrected chi connectivity index (χ1v) is 9.50. The van der Waals surface area contributed by atoms with E-state index in [9.17, 15) is 17.6 Å². The zero-order valence-corrected chi connectivity index (χ0v) is 15.5. The normalized spacial score (nSPS) is 20.8. The fraction of sp³-hybridized carbons (Fsp3) is 0.700. The molecule has 0 heterocycles. The van der Waals surface area contributed by atoms with Crippen molar-refractivity contribution in [3.8, 4) is 11.5 Å². The lowest BCUT2D eigenvalue weighted by molar-refractivity contribution is -0.0883. The van der Waals surface area contributed by atoms with Crippen LogP contribution in [0.3, 0.4) is 0 Å². The van der Waals surface area contributed by atoms with Gasteiger partial charge < -0.3 is 9.47 Å². The van der Waals surface area contributed by atoms with E-state index in [0.29, 0.717) is 18.8 Å². The predicted octanol–water partition coefficient (Wildman–Crippen LogP) is 6.37. The highest BCUT2D eigenvalue weighted by atomic mass is 19.3. The molecule has 1 aromatic carbocycles. The Hall–Kier alpha value is -1.46. The Morgan fingerprint density at radius 1 is 0.962 bits per heavy atom. The Morgan fingerprint density at radius 3 is 2.08 bits per heavy atom. The second-order valence-electron chi connectivity index (χ2n) is 6.99. The van der Waals surface area contributed by atoms with Crippen molar-refractivity contribution in [2.75, 3.05) is 13.2 Å². The van der Waals surface area contributed by atoms with Crippen molar-refractivity contribution in [2.24, 2.45) is 11.8 Å². The fourth-order valence-electron chi connectivity index (χ4n) is 3.68. The maximum absolute atomic E-state index is 14.4. The highest BCUT2D eigenvalue weighted by Crippen LogP contribution is 2.41. The summed E-state index contributed by atoms with van der Waals surface area (Å²) in [5, 5.41) is 0. The summed E-state index contributed by atoms with van der Waals surface area (Å²) >= 11 is 0. The van der Waals surface area contributed by atoms with Crippen LogP contribution in [-0.2, 0) is 0 Å². The van der Waals surface area contributed by atoms with Crippen LogP contribution in [0.1, 0.15) is 58.8 Å². The van der Waals surface area contributed by atoms with Crippen LogP contribution in [0.2, 0.25) is 0 Å². The molecule has 2 rings (SSSR count). The Bertz CT molecular complexity index is 569. The van der Waals surface area contributed by atoms with Gasteiger partial charge in [-0.1, -0.05) is 19.8 Å². The number of hydrogen-bond donors (Lipinski definition) is 0. The molecule has 1 fully saturated rings. The number of benzene rings is 1. The quantitative estimate of drug-likeness (QED) is 0.466. The Kier molecular flexibility index (Phi) is 7.59. The molecular formula is C20H28F4O2. The fourth-order valence-corrected chi connectivity index (χ4v) is 3.68. The van der Waals surface area contributed by atoms with Crippen LogP contribution in [0.25, 0.3) is 0 Å². The van der Waals surface area contributed by atoms with Crippen LogP contribution in [0.15, 0.2) is 12.1 Å². The summed E-state index contributed by atoms with van der Waals surface area (Å²) in [5.74, 6) is -5.90. The van der Waals surface area contributed by atoms with Gasteiger partial charge in [0.1, 0.15) is 0 Å². The molecule has 1 aromatic rings. The van der Waals surface area contributed by atoms with Crippen LogP contribution < -0.4 is 9.47 Å². The first kappa shape index (κ1) is 20.8. The highest BCUT2D eigenvalue weighted by Gasteiger charge is 2.41. The van der Waals surface area contributed by atoms with Crippen molar-refractivity contribution < 1.29 is 27.0 Å². The van der Waals surface area contributed by atoms with E-state index in [1.54, 1.807) is 6.92 Å². The number of ether oxygens (including phenoxy) is 2. The minimum Gasteiger partial charge on any atom is -0.491 e. The molecular weight excluding hydrogens is 348 g/mol. The third kappa shape index (κ3) is 5.27. The van der Waals surface area contributed by atoms with Crippen molar-refractivity contribution in [3.05, 3.63) is 23.8 Å². The molecule has 0 amide bonds. The third-order valence-corrected chi connectivity index (χ3v) is 5.15. The Balaban J connectivity index is 1.86. The topological polar surface area (TPSA) is 18.5 Å². The van der Waals surface area contributed by atoms with E-state index >= 15 is 0 Å². The average Bonchev–Trinajstić information content (AvgIpc) is 2.62. The van der Waals surface area contributed by atoms with Crippen LogP contribution in [0.5, 0.6) is 11.5 Å². The minimum atomic E-state index is -2.85. The summed E-state index contributed by atoms with van der Waals surface area (Å²) in [5.41, 5.74) is 0. The zero-order valence-electron chi connectivity index (χ0n) is 15.5. The summed E-state index contributed by atoms with van der Waals surface area (Å²) in [6.07, 6.45) is 4.41. The molecule has 26 heavy (non-hydrogen) atoms. The second kappa shape index (κ2) is 9.47. The second-order valence-corrected chi connectivity index (χ2v) is 6.99. The summed E-state index contributed by atoms with van der Waals surface area (Å²) in [6, 6.07) is 2.45. The molecule has 0 aliphatic heterocycles. The van der Waals surface area contributed by atoms with E-state index in [1.165, 1.54) is 12.1 Å². The molecule has 1 aliphatic carbocycles. The summed E-state index contributed by atoms with van der Waals surface area (Å²) in [4.78, 5) is 0. The number of rotatable bonds is 9. The minimum absolute atomic E-state index is 0.198. The average molecular weight is 376 g/mol. The first-order valence-electron chi connectivity index (χ1n) is 9.50. The van der Waals surface area contributed by atoms with Crippen molar-refractivity contribution >= 4 is 0 Å². The number of halogens is 4. The van der Waals surface area contributed by atoms with Crippen LogP contribution >= 0.6 is 0 Å². The first-order chi connectivity index (χ1) is 12.4. The van der Waals surface area contributed by atoms with Crippen LogP contribution in [0.4, 0.5) is 17.6 Å². The van der Waals surface area contributed by atoms with E-state index in [-0.39, 0.29) is 24.7 Å². The standard InChI is InChI=1S/C20H28F4O2/c1-3-5-14-6-8-15(9-7-14)20(23,24)12-13-26-17-11-10-16(25-4-2)18(21)19(17)22/h10-11,14-15H,3-9,12-13H2,1-2H3.